The molecule has 0 aromatic carbocycles. The third kappa shape index (κ3) is 2.49. The summed E-state index contributed by atoms with van der Waals surface area (Å²) in [5.74, 6) is 0.344. The summed E-state index contributed by atoms with van der Waals surface area (Å²) in [6.07, 6.45) is 5.22. The second kappa shape index (κ2) is 4.78. The first-order valence-electron chi connectivity index (χ1n) is 5.18. The Labute approximate surface area is 102 Å². The van der Waals surface area contributed by atoms with Crippen LogP contribution in [-0.4, -0.2) is 29.0 Å². The van der Waals surface area contributed by atoms with Crippen LogP contribution in [0.15, 0.2) is 16.9 Å². The van der Waals surface area contributed by atoms with Crippen LogP contribution in [0.2, 0.25) is 0 Å². The molecule has 0 unspecified atom stereocenters. The molecule has 0 spiro atoms. The van der Waals surface area contributed by atoms with Crippen molar-refractivity contribution in [3.8, 4) is 0 Å². The number of primary amides is 1. The van der Waals surface area contributed by atoms with Crippen molar-refractivity contribution < 1.29 is 4.79 Å². The first-order valence-corrected chi connectivity index (χ1v) is 5.98. The van der Waals surface area contributed by atoms with E-state index in [4.69, 9.17) is 5.73 Å². The Kier molecular flexibility index (Phi) is 3.38. The minimum Gasteiger partial charge on any atom is -0.369 e. The number of halogens is 1. The van der Waals surface area contributed by atoms with E-state index in [1.807, 2.05) is 4.90 Å². The van der Waals surface area contributed by atoms with Gasteiger partial charge in [-0.05, 0) is 28.8 Å². The normalized spacial score (nSPS) is 20.8. The molecule has 16 heavy (non-hydrogen) atoms. The fraction of sp³-hybridized carbons (Fsp3) is 0.500. The van der Waals surface area contributed by atoms with E-state index in [0.29, 0.717) is 12.5 Å². The lowest BCUT2D eigenvalue weighted by molar-refractivity contribution is -0.122. The number of hydrogen-bond donors (Lipinski definition) is 1. The smallest absolute Gasteiger partial charge is 0.225 e. The number of carbonyl (C=O) groups excluding carboxylic acids is 1. The summed E-state index contributed by atoms with van der Waals surface area (Å²) in [7, 11) is 0. The number of anilines is 1. The van der Waals surface area contributed by atoms with Crippen LogP contribution in [0, 0.1) is 5.92 Å². The molecule has 0 bridgehead atoms. The standard InChI is InChI=1S/C10H13BrN4O/c11-8-4-13-10(14-5-8)15-3-1-2-7(6-15)9(12)16/h4-5,7H,1-3,6H2,(H2,12,16)/t7-/m1/s1. The van der Waals surface area contributed by atoms with E-state index < -0.39 is 0 Å². The molecular formula is C10H13BrN4O. The molecule has 2 N–H and O–H groups in total. The van der Waals surface area contributed by atoms with Gasteiger partial charge in [0.25, 0.3) is 0 Å². The van der Waals surface area contributed by atoms with E-state index in [-0.39, 0.29) is 11.8 Å². The van der Waals surface area contributed by atoms with Gasteiger partial charge in [0.2, 0.25) is 11.9 Å². The van der Waals surface area contributed by atoms with Crippen molar-refractivity contribution >= 4 is 27.8 Å². The van der Waals surface area contributed by atoms with Crippen LogP contribution in [0.1, 0.15) is 12.8 Å². The summed E-state index contributed by atoms with van der Waals surface area (Å²) in [5, 5.41) is 0. The van der Waals surface area contributed by atoms with Crippen molar-refractivity contribution in [2.45, 2.75) is 12.8 Å². The van der Waals surface area contributed by atoms with Gasteiger partial charge in [-0.15, -0.1) is 0 Å². The predicted molar refractivity (Wildman–Crippen MR) is 63.9 cm³/mol. The molecule has 1 aliphatic heterocycles. The lowest BCUT2D eigenvalue weighted by Crippen LogP contribution is -2.41. The van der Waals surface area contributed by atoms with Crippen LogP contribution >= 0.6 is 15.9 Å². The highest BCUT2D eigenvalue weighted by atomic mass is 79.9. The number of carbonyl (C=O) groups is 1. The number of hydrogen-bond acceptors (Lipinski definition) is 4. The van der Waals surface area contributed by atoms with Crippen molar-refractivity contribution in [3.05, 3.63) is 16.9 Å². The largest absolute Gasteiger partial charge is 0.369 e. The lowest BCUT2D eigenvalue weighted by Gasteiger charge is -2.30. The van der Waals surface area contributed by atoms with Gasteiger partial charge in [0, 0.05) is 25.5 Å². The first-order chi connectivity index (χ1) is 7.66. The third-order valence-corrected chi connectivity index (χ3v) is 3.12. The molecule has 0 aliphatic carbocycles. The lowest BCUT2D eigenvalue weighted by atomic mass is 9.98. The monoisotopic (exact) mass is 284 g/mol. The van der Waals surface area contributed by atoms with Gasteiger partial charge in [-0.1, -0.05) is 0 Å². The van der Waals surface area contributed by atoms with Crippen molar-refractivity contribution in [1.82, 2.24) is 9.97 Å². The maximum atomic E-state index is 11.1. The Morgan fingerprint density at radius 1 is 1.50 bits per heavy atom. The second-order valence-electron chi connectivity index (χ2n) is 3.89. The summed E-state index contributed by atoms with van der Waals surface area (Å²) in [5.41, 5.74) is 5.32. The number of rotatable bonds is 2. The van der Waals surface area contributed by atoms with Crippen molar-refractivity contribution in [1.29, 1.82) is 0 Å². The Hall–Kier alpha value is -1.17. The molecule has 6 heteroatoms. The van der Waals surface area contributed by atoms with Crippen LogP contribution in [0.5, 0.6) is 0 Å². The van der Waals surface area contributed by atoms with E-state index in [0.717, 1.165) is 23.9 Å². The average molecular weight is 285 g/mol. The summed E-state index contributed by atoms with van der Waals surface area (Å²) in [6, 6.07) is 0. The Bertz CT molecular complexity index is 381. The van der Waals surface area contributed by atoms with Crippen molar-refractivity contribution in [2.75, 3.05) is 18.0 Å². The minimum absolute atomic E-state index is 0.0824. The van der Waals surface area contributed by atoms with Gasteiger partial charge < -0.3 is 10.6 Å². The van der Waals surface area contributed by atoms with E-state index >= 15 is 0 Å². The van der Waals surface area contributed by atoms with Gasteiger partial charge >= 0.3 is 0 Å². The van der Waals surface area contributed by atoms with E-state index in [1.54, 1.807) is 12.4 Å². The molecule has 86 valence electrons. The van der Waals surface area contributed by atoms with Crippen LogP contribution in [0.25, 0.3) is 0 Å². The molecule has 5 nitrogen and oxygen atoms in total. The Morgan fingerprint density at radius 2 is 2.19 bits per heavy atom. The second-order valence-corrected chi connectivity index (χ2v) is 4.80. The molecular weight excluding hydrogens is 272 g/mol. The number of aromatic nitrogens is 2. The number of nitrogens with zero attached hydrogens (tertiary/aromatic N) is 3. The van der Waals surface area contributed by atoms with Crippen molar-refractivity contribution in [3.63, 3.8) is 0 Å². The zero-order valence-electron chi connectivity index (χ0n) is 8.77. The van der Waals surface area contributed by atoms with Gasteiger partial charge in [-0.25, -0.2) is 9.97 Å². The maximum absolute atomic E-state index is 11.1. The van der Waals surface area contributed by atoms with Crippen LogP contribution < -0.4 is 10.6 Å². The molecule has 1 fully saturated rings. The third-order valence-electron chi connectivity index (χ3n) is 2.71. The number of nitrogens with two attached hydrogens (primary N) is 1. The summed E-state index contributed by atoms with van der Waals surface area (Å²) in [6.45, 7) is 1.50. The van der Waals surface area contributed by atoms with E-state index in [9.17, 15) is 4.79 Å². The van der Waals surface area contributed by atoms with Gasteiger partial charge in [0.1, 0.15) is 0 Å². The first kappa shape index (κ1) is 11.3. The van der Waals surface area contributed by atoms with Crippen LogP contribution in [0.4, 0.5) is 5.95 Å². The molecule has 1 aliphatic rings. The van der Waals surface area contributed by atoms with E-state index in [1.165, 1.54) is 0 Å². The van der Waals surface area contributed by atoms with Crippen LogP contribution in [0.3, 0.4) is 0 Å². The quantitative estimate of drug-likeness (QED) is 0.877. The van der Waals surface area contributed by atoms with E-state index in [2.05, 4.69) is 25.9 Å². The molecule has 1 aromatic heterocycles. The average Bonchev–Trinajstić information content (AvgIpc) is 2.30. The molecule has 1 atom stereocenters. The Balaban J connectivity index is 2.09. The van der Waals surface area contributed by atoms with Gasteiger partial charge in [-0.3, -0.25) is 4.79 Å². The van der Waals surface area contributed by atoms with Gasteiger partial charge in [0.05, 0.1) is 10.4 Å². The summed E-state index contributed by atoms with van der Waals surface area (Å²) in [4.78, 5) is 21.6. The summed E-state index contributed by atoms with van der Waals surface area (Å²) >= 11 is 3.29. The topological polar surface area (TPSA) is 72.1 Å². The number of amides is 1. The SMILES string of the molecule is NC(=O)[C@@H]1CCCN(c2ncc(Br)cn2)C1. The highest BCUT2D eigenvalue weighted by Crippen LogP contribution is 2.20. The Morgan fingerprint density at radius 3 is 2.81 bits per heavy atom. The van der Waals surface area contributed by atoms with Crippen molar-refractivity contribution in [2.24, 2.45) is 11.7 Å². The fourth-order valence-corrected chi connectivity index (χ4v) is 2.06. The maximum Gasteiger partial charge on any atom is 0.225 e. The molecule has 1 saturated heterocycles. The molecule has 1 aromatic rings. The van der Waals surface area contributed by atoms with Gasteiger partial charge in [0.15, 0.2) is 0 Å². The minimum atomic E-state index is -0.234. The highest BCUT2D eigenvalue weighted by Gasteiger charge is 2.25. The fourth-order valence-electron chi connectivity index (χ4n) is 1.86. The molecule has 2 rings (SSSR count). The molecule has 0 radical (unpaired) electrons. The zero-order valence-corrected chi connectivity index (χ0v) is 10.4. The van der Waals surface area contributed by atoms with Gasteiger partial charge in [-0.2, -0.15) is 0 Å². The molecule has 1 amide bonds. The molecule has 0 saturated carbocycles. The van der Waals surface area contributed by atoms with Crippen LogP contribution in [-0.2, 0) is 4.79 Å². The molecule has 2 heterocycles. The highest BCUT2D eigenvalue weighted by molar-refractivity contribution is 9.10. The number of piperidine rings is 1. The summed E-state index contributed by atoms with van der Waals surface area (Å²) < 4.78 is 0.847. The zero-order chi connectivity index (χ0) is 11.5. The predicted octanol–water partition coefficient (Wildman–Crippen LogP) is 0.941.